The Morgan fingerprint density at radius 2 is 1.80 bits per heavy atom. The third kappa shape index (κ3) is 4.51. The van der Waals surface area contributed by atoms with Gasteiger partial charge in [0.1, 0.15) is 11.5 Å². The van der Waals surface area contributed by atoms with Gasteiger partial charge in [-0.05, 0) is 47.5 Å². The third-order valence-electron chi connectivity index (χ3n) is 5.45. The smallest absolute Gasteiger partial charge is 0.269 e. The van der Waals surface area contributed by atoms with Gasteiger partial charge in [0.05, 0.1) is 15.5 Å². The van der Waals surface area contributed by atoms with Crippen molar-refractivity contribution in [2.24, 2.45) is 4.99 Å². The monoisotopic (exact) mass is 481 g/mol. The Labute approximate surface area is 205 Å². The van der Waals surface area contributed by atoms with E-state index in [1.165, 1.54) is 23.9 Å². The van der Waals surface area contributed by atoms with Crippen molar-refractivity contribution in [3.63, 3.8) is 0 Å². The second-order valence-electron chi connectivity index (χ2n) is 7.71. The SMILES string of the molecule is C=CCN1C(=O)C(=Cc2ccc(-c3ccc([N+](=O)[O-])cc3)o2)SC1=Nc1cccc2ccccc12. The van der Waals surface area contributed by atoms with Crippen LogP contribution in [-0.4, -0.2) is 27.4 Å². The molecule has 0 N–H and O–H groups in total. The van der Waals surface area contributed by atoms with Crippen LogP contribution in [0.1, 0.15) is 5.76 Å². The molecule has 8 heteroatoms. The molecule has 0 radical (unpaired) electrons. The summed E-state index contributed by atoms with van der Waals surface area (Å²) >= 11 is 1.28. The molecule has 1 saturated heterocycles. The number of fused-ring (bicyclic) bond motifs is 1. The van der Waals surface area contributed by atoms with E-state index < -0.39 is 4.92 Å². The van der Waals surface area contributed by atoms with Crippen molar-refractivity contribution in [1.82, 2.24) is 4.90 Å². The molecule has 5 rings (SSSR count). The molecule has 1 aliphatic heterocycles. The van der Waals surface area contributed by atoms with Gasteiger partial charge >= 0.3 is 0 Å². The number of amides is 1. The summed E-state index contributed by atoms with van der Waals surface area (Å²) in [6, 6.07) is 23.5. The Hall–Kier alpha value is -4.43. The Morgan fingerprint density at radius 1 is 1.03 bits per heavy atom. The fraction of sp³-hybridized carbons (Fsp3) is 0.0370. The van der Waals surface area contributed by atoms with Crippen molar-refractivity contribution in [2.75, 3.05) is 6.54 Å². The summed E-state index contributed by atoms with van der Waals surface area (Å²) in [4.78, 5) is 30.5. The lowest BCUT2D eigenvalue weighted by molar-refractivity contribution is -0.384. The maximum Gasteiger partial charge on any atom is 0.269 e. The number of nitro benzene ring substituents is 1. The summed E-state index contributed by atoms with van der Waals surface area (Å²) in [7, 11) is 0. The number of rotatable bonds is 6. The molecule has 35 heavy (non-hydrogen) atoms. The van der Waals surface area contributed by atoms with Crippen LogP contribution in [0.2, 0.25) is 0 Å². The molecule has 0 unspecified atom stereocenters. The Balaban J connectivity index is 1.45. The van der Waals surface area contributed by atoms with Crippen LogP contribution in [-0.2, 0) is 4.79 Å². The van der Waals surface area contributed by atoms with Gasteiger partial charge in [0.15, 0.2) is 5.17 Å². The first-order valence-electron chi connectivity index (χ1n) is 10.8. The van der Waals surface area contributed by atoms with Crippen LogP contribution in [0.25, 0.3) is 28.2 Å². The lowest BCUT2D eigenvalue weighted by Gasteiger charge is -2.13. The number of furan rings is 1. The lowest BCUT2D eigenvalue weighted by atomic mass is 10.1. The van der Waals surface area contributed by atoms with E-state index >= 15 is 0 Å². The summed E-state index contributed by atoms with van der Waals surface area (Å²) in [5, 5.41) is 13.5. The van der Waals surface area contributed by atoms with E-state index in [2.05, 4.69) is 6.58 Å². The Morgan fingerprint density at radius 3 is 2.57 bits per heavy atom. The normalized spacial score (nSPS) is 15.9. The maximum atomic E-state index is 13.1. The van der Waals surface area contributed by atoms with E-state index in [0.717, 1.165) is 16.5 Å². The summed E-state index contributed by atoms with van der Waals surface area (Å²) in [5.74, 6) is 0.871. The second-order valence-corrected chi connectivity index (χ2v) is 8.72. The number of non-ortho nitro benzene ring substituents is 1. The number of carbonyl (C=O) groups is 1. The molecular formula is C27H19N3O4S. The van der Waals surface area contributed by atoms with Gasteiger partial charge in [-0.2, -0.15) is 0 Å². The molecule has 1 amide bonds. The highest BCUT2D eigenvalue weighted by Crippen LogP contribution is 2.36. The van der Waals surface area contributed by atoms with Crippen LogP contribution in [0.3, 0.4) is 0 Å². The van der Waals surface area contributed by atoms with Gasteiger partial charge in [0.25, 0.3) is 11.6 Å². The number of hydrogen-bond acceptors (Lipinski definition) is 6. The molecule has 3 aromatic carbocycles. The lowest BCUT2D eigenvalue weighted by Crippen LogP contribution is -2.29. The molecule has 0 saturated carbocycles. The summed E-state index contributed by atoms with van der Waals surface area (Å²) in [6.07, 6.45) is 3.35. The minimum atomic E-state index is -0.447. The number of nitrogens with zero attached hydrogens (tertiary/aromatic N) is 3. The average molecular weight is 482 g/mol. The zero-order valence-corrected chi connectivity index (χ0v) is 19.3. The van der Waals surface area contributed by atoms with Gasteiger partial charge in [0.2, 0.25) is 0 Å². The minimum Gasteiger partial charge on any atom is -0.457 e. The van der Waals surface area contributed by atoms with E-state index in [1.807, 2.05) is 42.5 Å². The topological polar surface area (TPSA) is 89.0 Å². The zero-order valence-electron chi connectivity index (χ0n) is 18.5. The number of carbonyl (C=O) groups excluding carboxylic acids is 1. The molecule has 7 nitrogen and oxygen atoms in total. The summed E-state index contributed by atoms with van der Waals surface area (Å²) in [5.41, 5.74) is 1.50. The van der Waals surface area contributed by atoms with E-state index in [1.54, 1.807) is 41.3 Å². The maximum absolute atomic E-state index is 13.1. The molecule has 0 atom stereocenters. The predicted molar refractivity (Wildman–Crippen MR) is 139 cm³/mol. The van der Waals surface area contributed by atoms with Crippen LogP contribution < -0.4 is 0 Å². The number of hydrogen-bond donors (Lipinski definition) is 0. The molecule has 1 aromatic heterocycles. The first kappa shape index (κ1) is 22.4. The minimum absolute atomic E-state index is 0.0101. The number of amidine groups is 1. The average Bonchev–Trinajstić information content (AvgIpc) is 3.45. The number of nitro groups is 1. The van der Waals surface area contributed by atoms with Gasteiger partial charge in [-0.3, -0.25) is 19.8 Å². The standard InChI is InChI=1S/C27H19N3O4S/c1-2-16-29-26(31)25(35-27(29)28-23-9-5-7-18-6-3-4-8-22(18)23)17-21-14-15-24(34-21)19-10-12-20(13-11-19)30(32)33/h2-15,17H,1,16H2. The number of thioether (sulfide) groups is 1. The molecule has 0 spiro atoms. The van der Waals surface area contributed by atoms with Crippen molar-refractivity contribution in [3.05, 3.63) is 112 Å². The first-order chi connectivity index (χ1) is 17.0. The fourth-order valence-corrected chi connectivity index (χ4v) is 4.73. The molecule has 4 aromatic rings. The van der Waals surface area contributed by atoms with E-state index in [0.29, 0.717) is 33.7 Å². The quantitative estimate of drug-likeness (QED) is 0.131. The van der Waals surface area contributed by atoms with Gasteiger partial charge < -0.3 is 4.42 Å². The van der Waals surface area contributed by atoms with E-state index in [4.69, 9.17) is 9.41 Å². The molecule has 172 valence electrons. The number of aliphatic imine (C=N–C) groups is 1. The third-order valence-corrected chi connectivity index (χ3v) is 6.45. The molecule has 0 bridgehead atoms. The zero-order chi connectivity index (χ0) is 24.4. The fourth-order valence-electron chi connectivity index (χ4n) is 3.75. The molecule has 1 fully saturated rings. The Kier molecular flexibility index (Phi) is 6.03. The largest absolute Gasteiger partial charge is 0.457 e. The van der Waals surface area contributed by atoms with Crippen molar-refractivity contribution in [2.45, 2.75) is 0 Å². The first-order valence-corrected chi connectivity index (χ1v) is 11.6. The van der Waals surface area contributed by atoms with Crippen molar-refractivity contribution in [1.29, 1.82) is 0 Å². The van der Waals surface area contributed by atoms with Crippen LogP contribution in [0.4, 0.5) is 11.4 Å². The van der Waals surface area contributed by atoms with Gasteiger partial charge in [-0.15, -0.1) is 6.58 Å². The van der Waals surface area contributed by atoms with Crippen LogP contribution >= 0.6 is 11.8 Å². The molecule has 2 heterocycles. The highest BCUT2D eigenvalue weighted by atomic mass is 32.2. The van der Waals surface area contributed by atoms with Gasteiger partial charge in [0, 0.05) is 35.7 Å². The van der Waals surface area contributed by atoms with Crippen LogP contribution in [0.5, 0.6) is 0 Å². The highest BCUT2D eigenvalue weighted by Gasteiger charge is 2.33. The Bertz CT molecular complexity index is 1510. The van der Waals surface area contributed by atoms with E-state index in [-0.39, 0.29) is 11.6 Å². The molecular weight excluding hydrogens is 462 g/mol. The summed E-state index contributed by atoms with van der Waals surface area (Å²) in [6.45, 7) is 4.11. The second kappa shape index (κ2) is 9.44. The molecule has 0 aliphatic carbocycles. The van der Waals surface area contributed by atoms with Gasteiger partial charge in [-0.1, -0.05) is 42.5 Å². The van der Waals surface area contributed by atoms with Crippen molar-refractivity contribution < 1.29 is 14.1 Å². The number of benzene rings is 3. The summed E-state index contributed by atoms with van der Waals surface area (Å²) < 4.78 is 5.90. The van der Waals surface area contributed by atoms with Crippen molar-refractivity contribution >= 4 is 51.1 Å². The van der Waals surface area contributed by atoms with Crippen LogP contribution in [0, 0.1) is 10.1 Å². The molecule has 1 aliphatic rings. The van der Waals surface area contributed by atoms with Crippen LogP contribution in [0.15, 0.2) is 106 Å². The van der Waals surface area contributed by atoms with E-state index in [9.17, 15) is 14.9 Å². The highest BCUT2D eigenvalue weighted by molar-refractivity contribution is 8.18. The van der Waals surface area contributed by atoms with Crippen molar-refractivity contribution in [3.8, 4) is 11.3 Å². The predicted octanol–water partition coefficient (Wildman–Crippen LogP) is 6.80. The van der Waals surface area contributed by atoms with Gasteiger partial charge in [-0.25, -0.2) is 4.99 Å².